The molecule has 1 amide bonds. The summed E-state index contributed by atoms with van der Waals surface area (Å²) in [5.41, 5.74) is 6.55. The topological polar surface area (TPSA) is 62.1 Å². The Bertz CT molecular complexity index is 700. The number of likely N-dealkylation sites (tertiary alicyclic amines) is 1. The Morgan fingerprint density at radius 1 is 1.40 bits per heavy atom. The lowest BCUT2D eigenvalue weighted by atomic mass is 10.2. The number of fused-ring (bicyclic) bond motifs is 1. The number of amides is 1. The molecule has 0 spiro atoms. The molecule has 1 atom stereocenters. The zero-order valence-corrected chi connectivity index (χ0v) is 11.9. The first-order valence-electron chi connectivity index (χ1n) is 6.19. The molecule has 0 aliphatic carbocycles. The summed E-state index contributed by atoms with van der Waals surface area (Å²) >= 11 is 12.1. The third-order valence-corrected chi connectivity index (χ3v) is 4.27. The quantitative estimate of drug-likeness (QED) is 0.850. The summed E-state index contributed by atoms with van der Waals surface area (Å²) in [6.07, 6.45) is 0.763. The molecule has 2 aromatic rings. The van der Waals surface area contributed by atoms with Crippen LogP contribution in [0, 0.1) is 5.82 Å². The Kier molecular flexibility index (Phi) is 3.36. The molecule has 7 heteroatoms. The van der Waals surface area contributed by atoms with E-state index in [0.29, 0.717) is 24.0 Å². The van der Waals surface area contributed by atoms with Gasteiger partial charge < -0.3 is 15.6 Å². The maximum absolute atomic E-state index is 13.5. The van der Waals surface area contributed by atoms with E-state index in [1.807, 2.05) is 0 Å². The molecule has 1 fully saturated rings. The van der Waals surface area contributed by atoms with Crippen LogP contribution < -0.4 is 5.73 Å². The summed E-state index contributed by atoms with van der Waals surface area (Å²) < 4.78 is 13.5. The largest absolute Gasteiger partial charge is 0.349 e. The van der Waals surface area contributed by atoms with Gasteiger partial charge in [-0.2, -0.15) is 0 Å². The number of nitrogens with zero attached hydrogens (tertiary/aromatic N) is 1. The van der Waals surface area contributed by atoms with Crippen LogP contribution in [0.5, 0.6) is 0 Å². The molecule has 1 aliphatic rings. The number of benzene rings is 1. The van der Waals surface area contributed by atoms with Crippen molar-refractivity contribution in [3.8, 4) is 0 Å². The van der Waals surface area contributed by atoms with E-state index in [1.54, 1.807) is 4.90 Å². The van der Waals surface area contributed by atoms with Crippen LogP contribution >= 0.6 is 23.2 Å². The van der Waals surface area contributed by atoms with Crippen molar-refractivity contribution in [2.75, 3.05) is 13.1 Å². The highest BCUT2D eigenvalue weighted by atomic mass is 35.5. The van der Waals surface area contributed by atoms with E-state index >= 15 is 0 Å². The Morgan fingerprint density at radius 3 is 2.80 bits per heavy atom. The summed E-state index contributed by atoms with van der Waals surface area (Å²) in [7, 11) is 0. The lowest BCUT2D eigenvalue weighted by molar-refractivity contribution is 0.0786. The van der Waals surface area contributed by atoms with E-state index in [-0.39, 0.29) is 27.7 Å². The molecule has 0 unspecified atom stereocenters. The predicted octanol–water partition coefficient (Wildman–Crippen LogP) is 2.79. The number of hydrogen-bond acceptors (Lipinski definition) is 2. The SMILES string of the molecule is N[C@H]1CCN(C(=O)c2[nH]c3ccc(F)c(Cl)c3c2Cl)C1. The molecule has 0 saturated carbocycles. The van der Waals surface area contributed by atoms with Crippen LogP contribution in [0.4, 0.5) is 4.39 Å². The van der Waals surface area contributed by atoms with Gasteiger partial charge in [0, 0.05) is 30.0 Å². The van der Waals surface area contributed by atoms with Crippen LogP contribution in [-0.2, 0) is 0 Å². The van der Waals surface area contributed by atoms with Gasteiger partial charge in [-0.15, -0.1) is 0 Å². The number of halogens is 3. The number of carbonyl (C=O) groups is 1. The molecule has 1 saturated heterocycles. The van der Waals surface area contributed by atoms with Gasteiger partial charge in [-0.3, -0.25) is 4.79 Å². The molecule has 1 aromatic heterocycles. The van der Waals surface area contributed by atoms with Crippen LogP contribution in [-0.4, -0.2) is 34.9 Å². The van der Waals surface area contributed by atoms with Gasteiger partial charge in [-0.25, -0.2) is 4.39 Å². The second-order valence-corrected chi connectivity index (χ2v) is 5.65. The van der Waals surface area contributed by atoms with Crippen molar-refractivity contribution < 1.29 is 9.18 Å². The molecule has 0 bridgehead atoms. The Labute approximate surface area is 124 Å². The van der Waals surface area contributed by atoms with Gasteiger partial charge >= 0.3 is 0 Å². The maximum Gasteiger partial charge on any atom is 0.271 e. The molecule has 1 aromatic carbocycles. The second kappa shape index (κ2) is 4.91. The first-order valence-corrected chi connectivity index (χ1v) is 6.94. The monoisotopic (exact) mass is 315 g/mol. The number of aromatic amines is 1. The van der Waals surface area contributed by atoms with Crippen LogP contribution in [0.2, 0.25) is 10.0 Å². The highest BCUT2D eigenvalue weighted by molar-refractivity contribution is 6.44. The minimum absolute atomic E-state index is 0.0110. The lowest BCUT2D eigenvalue weighted by Crippen LogP contribution is -2.32. The number of nitrogens with one attached hydrogen (secondary N) is 1. The van der Waals surface area contributed by atoms with Crippen LogP contribution in [0.1, 0.15) is 16.9 Å². The maximum atomic E-state index is 13.5. The summed E-state index contributed by atoms with van der Waals surface area (Å²) in [5.74, 6) is -0.808. The fraction of sp³-hybridized carbons (Fsp3) is 0.308. The van der Waals surface area contributed by atoms with Gasteiger partial charge in [0.1, 0.15) is 11.5 Å². The van der Waals surface area contributed by atoms with Gasteiger partial charge in [-0.05, 0) is 18.6 Å². The third-order valence-electron chi connectivity index (χ3n) is 3.52. The van der Waals surface area contributed by atoms with Gasteiger partial charge in [0.25, 0.3) is 5.91 Å². The number of aromatic nitrogens is 1. The van der Waals surface area contributed by atoms with E-state index in [0.717, 1.165) is 6.42 Å². The fourth-order valence-electron chi connectivity index (χ4n) is 2.46. The lowest BCUT2D eigenvalue weighted by Gasteiger charge is -2.14. The molecule has 20 heavy (non-hydrogen) atoms. The molecular formula is C13H12Cl2FN3O. The molecule has 1 aliphatic heterocycles. The number of carbonyl (C=O) groups excluding carboxylic acids is 1. The van der Waals surface area contributed by atoms with Crippen molar-refractivity contribution in [2.45, 2.75) is 12.5 Å². The Morgan fingerprint density at radius 2 is 2.15 bits per heavy atom. The summed E-state index contributed by atoms with van der Waals surface area (Å²) in [6.45, 7) is 1.08. The second-order valence-electron chi connectivity index (χ2n) is 4.90. The first-order chi connectivity index (χ1) is 9.49. The average Bonchev–Trinajstić information content (AvgIpc) is 2.98. The average molecular weight is 316 g/mol. The summed E-state index contributed by atoms with van der Waals surface area (Å²) in [4.78, 5) is 16.9. The molecule has 106 valence electrons. The zero-order valence-electron chi connectivity index (χ0n) is 10.4. The Balaban J connectivity index is 2.06. The van der Waals surface area contributed by atoms with Crippen LogP contribution in [0.25, 0.3) is 10.9 Å². The van der Waals surface area contributed by atoms with Crippen molar-refractivity contribution in [1.29, 1.82) is 0 Å². The third kappa shape index (κ3) is 2.06. The molecule has 0 radical (unpaired) electrons. The number of rotatable bonds is 1. The van der Waals surface area contributed by atoms with Crippen molar-refractivity contribution in [3.63, 3.8) is 0 Å². The van der Waals surface area contributed by atoms with Gasteiger partial charge in [-0.1, -0.05) is 23.2 Å². The molecular weight excluding hydrogens is 304 g/mol. The zero-order chi connectivity index (χ0) is 14.4. The summed E-state index contributed by atoms with van der Waals surface area (Å²) in [6, 6.07) is 2.73. The molecule has 3 N–H and O–H groups in total. The molecule has 4 nitrogen and oxygen atoms in total. The minimum atomic E-state index is -0.567. The minimum Gasteiger partial charge on any atom is -0.349 e. The predicted molar refractivity (Wildman–Crippen MR) is 76.8 cm³/mol. The standard InChI is InChI=1S/C13H12Cl2FN3O/c14-10-7(16)1-2-8-9(10)11(15)12(18-8)13(20)19-4-3-6(17)5-19/h1-2,6,18H,3-5,17H2/t6-/m0/s1. The van der Waals surface area contributed by atoms with Crippen LogP contribution in [0.3, 0.4) is 0 Å². The summed E-state index contributed by atoms with van der Waals surface area (Å²) in [5, 5.41) is 0.399. The fourth-order valence-corrected chi connectivity index (χ4v) is 3.09. The van der Waals surface area contributed by atoms with E-state index in [2.05, 4.69) is 4.98 Å². The smallest absolute Gasteiger partial charge is 0.271 e. The van der Waals surface area contributed by atoms with Gasteiger partial charge in [0.05, 0.1) is 10.0 Å². The highest BCUT2D eigenvalue weighted by Gasteiger charge is 2.28. The van der Waals surface area contributed by atoms with Crippen LogP contribution in [0.15, 0.2) is 12.1 Å². The van der Waals surface area contributed by atoms with E-state index in [9.17, 15) is 9.18 Å². The number of nitrogens with two attached hydrogens (primary N) is 1. The van der Waals surface area contributed by atoms with Crippen molar-refractivity contribution in [2.24, 2.45) is 5.73 Å². The normalized spacial score (nSPS) is 19.0. The van der Waals surface area contributed by atoms with Gasteiger partial charge in [0.2, 0.25) is 0 Å². The Hall–Kier alpha value is -1.30. The van der Waals surface area contributed by atoms with E-state index in [1.165, 1.54) is 12.1 Å². The molecule has 2 heterocycles. The van der Waals surface area contributed by atoms with Gasteiger partial charge in [0.15, 0.2) is 0 Å². The van der Waals surface area contributed by atoms with E-state index in [4.69, 9.17) is 28.9 Å². The highest BCUT2D eigenvalue weighted by Crippen LogP contribution is 2.35. The van der Waals surface area contributed by atoms with Crippen molar-refractivity contribution in [3.05, 3.63) is 33.7 Å². The number of hydrogen-bond donors (Lipinski definition) is 2. The first kappa shape index (κ1) is 13.7. The van der Waals surface area contributed by atoms with Crippen molar-refractivity contribution in [1.82, 2.24) is 9.88 Å². The number of H-pyrrole nitrogens is 1. The van der Waals surface area contributed by atoms with Crippen molar-refractivity contribution >= 4 is 40.0 Å². The van der Waals surface area contributed by atoms with E-state index < -0.39 is 5.82 Å². The molecule has 3 rings (SSSR count).